The molecule has 1 aliphatic carbocycles. The number of nitrogens with one attached hydrogen (secondary N) is 1. The predicted octanol–water partition coefficient (Wildman–Crippen LogP) is 2.52. The van der Waals surface area contributed by atoms with Crippen LogP contribution in [-0.2, 0) is 9.59 Å². The molecule has 2 rings (SSSR count). The van der Waals surface area contributed by atoms with Crippen LogP contribution in [-0.4, -0.2) is 42.3 Å². The number of rotatable bonds is 6. The SMILES string of the molecule is CCCCNC(=O)CN1CCCCC1C1CCCCC1=O. The van der Waals surface area contributed by atoms with Crippen LogP contribution in [0.5, 0.6) is 0 Å². The second-order valence-corrected chi connectivity index (χ2v) is 6.56. The first kappa shape index (κ1) is 16.5. The number of piperidine rings is 1. The highest BCUT2D eigenvalue weighted by Gasteiger charge is 2.35. The number of likely N-dealkylation sites (tertiary alicyclic amines) is 1. The first-order chi connectivity index (χ1) is 10.2. The Morgan fingerprint density at radius 2 is 2.05 bits per heavy atom. The Morgan fingerprint density at radius 3 is 2.81 bits per heavy atom. The molecule has 0 aromatic heterocycles. The molecular weight excluding hydrogens is 264 g/mol. The normalized spacial score (nSPS) is 27.6. The van der Waals surface area contributed by atoms with Crippen LogP contribution in [0.3, 0.4) is 0 Å². The molecule has 2 atom stereocenters. The van der Waals surface area contributed by atoms with E-state index in [1.54, 1.807) is 0 Å². The van der Waals surface area contributed by atoms with E-state index < -0.39 is 0 Å². The molecular formula is C17H30N2O2. The summed E-state index contributed by atoms with van der Waals surface area (Å²) in [6.07, 6.45) is 9.57. The van der Waals surface area contributed by atoms with Gasteiger partial charge in [0.15, 0.2) is 0 Å². The van der Waals surface area contributed by atoms with Crippen molar-refractivity contribution in [2.75, 3.05) is 19.6 Å². The molecule has 2 unspecified atom stereocenters. The summed E-state index contributed by atoms with van der Waals surface area (Å²) < 4.78 is 0. The van der Waals surface area contributed by atoms with E-state index in [1.807, 2.05) is 0 Å². The second-order valence-electron chi connectivity index (χ2n) is 6.56. The van der Waals surface area contributed by atoms with Gasteiger partial charge in [0.1, 0.15) is 5.78 Å². The predicted molar refractivity (Wildman–Crippen MR) is 84.1 cm³/mol. The molecule has 1 amide bonds. The molecule has 0 aromatic carbocycles. The fraction of sp³-hybridized carbons (Fsp3) is 0.882. The van der Waals surface area contributed by atoms with Gasteiger partial charge in [-0.15, -0.1) is 0 Å². The summed E-state index contributed by atoms with van der Waals surface area (Å²) in [5.74, 6) is 0.741. The van der Waals surface area contributed by atoms with Gasteiger partial charge in [0.05, 0.1) is 6.54 Å². The highest BCUT2D eigenvalue weighted by atomic mass is 16.2. The topological polar surface area (TPSA) is 49.4 Å². The molecule has 2 fully saturated rings. The summed E-state index contributed by atoms with van der Waals surface area (Å²) in [6, 6.07) is 0.309. The lowest BCUT2D eigenvalue weighted by atomic mass is 9.79. The second kappa shape index (κ2) is 8.52. The zero-order valence-corrected chi connectivity index (χ0v) is 13.4. The molecule has 1 saturated carbocycles. The zero-order chi connectivity index (χ0) is 15.1. The number of amides is 1. The van der Waals surface area contributed by atoms with E-state index in [4.69, 9.17) is 0 Å². The van der Waals surface area contributed by atoms with Crippen LogP contribution in [0.4, 0.5) is 0 Å². The Labute approximate surface area is 128 Å². The van der Waals surface area contributed by atoms with Crippen molar-refractivity contribution in [3.05, 3.63) is 0 Å². The van der Waals surface area contributed by atoms with Gasteiger partial charge in [0.2, 0.25) is 5.91 Å². The third-order valence-corrected chi connectivity index (χ3v) is 4.93. The van der Waals surface area contributed by atoms with E-state index in [9.17, 15) is 9.59 Å². The van der Waals surface area contributed by atoms with E-state index in [-0.39, 0.29) is 11.8 Å². The largest absolute Gasteiger partial charge is 0.355 e. The first-order valence-corrected chi connectivity index (χ1v) is 8.76. The monoisotopic (exact) mass is 294 g/mol. The van der Waals surface area contributed by atoms with Gasteiger partial charge in [0.25, 0.3) is 0 Å². The van der Waals surface area contributed by atoms with Crippen LogP contribution >= 0.6 is 0 Å². The summed E-state index contributed by atoms with van der Waals surface area (Å²) in [4.78, 5) is 26.5. The highest BCUT2D eigenvalue weighted by Crippen LogP contribution is 2.31. The standard InChI is InChI=1S/C17H30N2O2/c1-2-3-11-18-17(21)13-19-12-7-6-9-15(19)14-8-4-5-10-16(14)20/h14-15H,2-13H2,1H3,(H,18,21). The van der Waals surface area contributed by atoms with Crippen LogP contribution in [0.1, 0.15) is 64.7 Å². The number of carbonyl (C=O) groups excluding carboxylic acids is 2. The van der Waals surface area contributed by atoms with Crippen molar-refractivity contribution >= 4 is 11.7 Å². The van der Waals surface area contributed by atoms with Gasteiger partial charge in [-0.25, -0.2) is 0 Å². The third-order valence-electron chi connectivity index (χ3n) is 4.93. The fourth-order valence-electron chi connectivity index (χ4n) is 3.73. The van der Waals surface area contributed by atoms with Gasteiger partial charge in [-0.3, -0.25) is 14.5 Å². The van der Waals surface area contributed by atoms with Gasteiger partial charge in [-0.2, -0.15) is 0 Å². The van der Waals surface area contributed by atoms with E-state index in [0.29, 0.717) is 18.4 Å². The summed E-state index contributed by atoms with van der Waals surface area (Å²) >= 11 is 0. The van der Waals surface area contributed by atoms with Gasteiger partial charge >= 0.3 is 0 Å². The molecule has 1 heterocycles. The number of hydrogen-bond donors (Lipinski definition) is 1. The molecule has 2 aliphatic rings. The fourth-order valence-corrected chi connectivity index (χ4v) is 3.73. The summed E-state index contributed by atoms with van der Waals surface area (Å²) in [6.45, 7) is 4.34. The molecule has 0 radical (unpaired) electrons. The van der Waals surface area contributed by atoms with Crippen LogP contribution in [0, 0.1) is 5.92 Å². The smallest absolute Gasteiger partial charge is 0.234 e. The molecule has 1 N–H and O–H groups in total. The molecule has 4 heteroatoms. The van der Waals surface area contributed by atoms with Crippen molar-refractivity contribution in [3.63, 3.8) is 0 Å². The van der Waals surface area contributed by atoms with E-state index >= 15 is 0 Å². The summed E-state index contributed by atoms with van der Waals surface area (Å²) in [5.41, 5.74) is 0. The van der Waals surface area contributed by atoms with E-state index in [0.717, 1.165) is 58.0 Å². The zero-order valence-electron chi connectivity index (χ0n) is 13.4. The molecule has 0 spiro atoms. The lowest BCUT2D eigenvalue weighted by Crippen LogP contribution is -2.50. The number of hydrogen-bond acceptors (Lipinski definition) is 3. The average molecular weight is 294 g/mol. The van der Waals surface area contributed by atoms with Gasteiger partial charge in [-0.1, -0.05) is 26.2 Å². The van der Waals surface area contributed by atoms with Crippen LogP contribution in [0.25, 0.3) is 0 Å². The molecule has 4 nitrogen and oxygen atoms in total. The quantitative estimate of drug-likeness (QED) is 0.766. The van der Waals surface area contributed by atoms with Crippen molar-refractivity contribution in [2.45, 2.75) is 70.8 Å². The van der Waals surface area contributed by atoms with E-state index in [1.165, 1.54) is 12.8 Å². The Morgan fingerprint density at radius 1 is 1.24 bits per heavy atom. The first-order valence-electron chi connectivity index (χ1n) is 8.76. The Hall–Kier alpha value is -0.900. The molecule has 0 aromatic rings. The van der Waals surface area contributed by atoms with Crippen LogP contribution in [0.15, 0.2) is 0 Å². The Bertz CT molecular complexity index is 357. The molecule has 0 bridgehead atoms. The van der Waals surface area contributed by atoms with Crippen molar-refractivity contribution < 1.29 is 9.59 Å². The number of carbonyl (C=O) groups is 2. The Balaban J connectivity index is 1.89. The minimum Gasteiger partial charge on any atom is -0.355 e. The molecule has 120 valence electrons. The minimum atomic E-state index is 0.124. The number of ketones is 1. The maximum Gasteiger partial charge on any atom is 0.234 e. The highest BCUT2D eigenvalue weighted by molar-refractivity contribution is 5.82. The molecule has 1 saturated heterocycles. The van der Waals surface area contributed by atoms with Crippen molar-refractivity contribution in [1.29, 1.82) is 0 Å². The van der Waals surface area contributed by atoms with Gasteiger partial charge < -0.3 is 5.32 Å². The van der Waals surface area contributed by atoms with Gasteiger partial charge in [-0.05, 0) is 38.6 Å². The maximum atomic E-state index is 12.2. The van der Waals surface area contributed by atoms with Crippen LogP contribution < -0.4 is 5.32 Å². The van der Waals surface area contributed by atoms with Crippen molar-refractivity contribution in [2.24, 2.45) is 5.92 Å². The van der Waals surface area contributed by atoms with Crippen LogP contribution in [0.2, 0.25) is 0 Å². The molecule has 21 heavy (non-hydrogen) atoms. The lowest BCUT2D eigenvalue weighted by molar-refractivity contribution is -0.130. The maximum absolute atomic E-state index is 12.2. The number of Topliss-reactive ketones (excluding diaryl/α,β-unsaturated/α-hetero) is 1. The number of unbranched alkanes of at least 4 members (excludes halogenated alkanes) is 1. The summed E-state index contributed by atoms with van der Waals surface area (Å²) in [7, 11) is 0. The summed E-state index contributed by atoms with van der Waals surface area (Å²) in [5, 5.41) is 3.00. The third kappa shape index (κ3) is 4.80. The molecule has 1 aliphatic heterocycles. The average Bonchev–Trinajstić information content (AvgIpc) is 2.49. The van der Waals surface area contributed by atoms with Crippen molar-refractivity contribution in [3.8, 4) is 0 Å². The van der Waals surface area contributed by atoms with Gasteiger partial charge in [0, 0.05) is 24.9 Å². The Kier molecular flexibility index (Phi) is 6.68. The number of nitrogens with zero attached hydrogens (tertiary/aromatic N) is 1. The van der Waals surface area contributed by atoms with Crippen molar-refractivity contribution in [1.82, 2.24) is 10.2 Å². The minimum absolute atomic E-state index is 0.124. The lowest BCUT2D eigenvalue weighted by Gasteiger charge is -2.40. The van der Waals surface area contributed by atoms with E-state index in [2.05, 4.69) is 17.1 Å².